The average molecular weight is 282 g/mol. The zero-order valence-electron chi connectivity index (χ0n) is 12.3. The van der Waals surface area contributed by atoms with Crippen molar-refractivity contribution in [1.82, 2.24) is 10.2 Å². The number of aliphatic hydroxyl groups excluding tert-OH is 1. The minimum atomic E-state index is -1.05. The van der Waals surface area contributed by atoms with Crippen LogP contribution in [-0.2, 0) is 11.3 Å². The summed E-state index contributed by atoms with van der Waals surface area (Å²) < 4.78 is 13.0. The van der Waals surface area contributed by atoms with Crippen LogP contribution in [0.4, 0.5) is 4.39 Å². The molecule has 0 spiro atoms. The van der Waals surface area contributed by atoms with Gasteiger partial charge in [-0.15, -0.1) is 0 Å². The molecule has 1 aromatic carbocycles. The molecule has 0 radical (unpaired) electrons. The second-order valence-corrected chi connectivity index (χ2v) is 4.99. The number of hydrogen-bond acceptors (Lipinski definition) is 3. The van der Waals surface area contributed by atoms with Crippen molar-refractivity contribution in [2.75, 3.05) is 20.1 Å². The summed E-state index contributed by atoms with van der Waals surface area (Å²) in [5.41, 5.74) is 1.67. The van der Waals surface area contributed by atoms with E-state index in [9.17, 15) is 14.3 Å². The average Bonchev–Trinajstić information content (AvgIpc) is 2.41. The number of benzene rings is 1. The van der Waals surface area contributed by atoms with E-state index in [-0.39, 0.29) is 18.3 Å². The van der Waals surface area contributed by atoms with E-state index < -0.39 is 6.10 Å². The largest absolute Gasteiger partial charge is 0.382 e. The zero-order chi connectivity index (χ0) is 15.1. The molecule has 0 bridgehead atoms. The molecule has 1 amide bonds. The van der Waals surface area contributed by atoms with Gasteiger partial charge in [-0.2, -0.15) is 0 Å². The highest BCUT2D eigenvalue weighted by molar-refractivity contribution is 5.80. The number of nitrogens with one attached hydrogen (secondary N) is 1. The van der Waals surface area contributed by atoms with Gasteiger partial charge in [-0.3, -0.25) is 4.79 Å². The Morgan fingerprint density at radius 1 is 1.50 bits per heavy atom. The second kappa shape index (κ2) is 7.97. The Labute approximate surface area is 119 Å². The molecule has 1 unspecified atom stereocenters. The molecule has 1 atom stereocenters. The molecule has 0 heterocycles. The Morgan fingerprint density at radius 3 is 2.80 bits per heavy atom. The van der Waals surface area contributed by atoms with Crippen molar-refractivity contribution in [2.45, 2.75) is 32.9 Å². The van der Waals surface area contributed by atoms with Crippen molar-refractivity contribution in [3.05, 3.63) is 35.1 Å². The molecular weight excluding hydrogens is 259 g/mol. The van der Waals surface area contributed by atoms with Crippen molar-refractivity contribution >= 4 is 5.91 Å². The number of likely N-dealkylation sites (N-methyl/N-ethyl adjacent to an activating group) is 1. The van der Waals surface area contributed by atoms with Gasteiger partial charge in [0.2, 0.25) is 0 Å². The van der Waals surface area contributed by atoms with E-state index in [1.807, 2.05) is 6.92 Å². The molecule has 0 aliphatic carbocycles. The lowest BCUT2D eigenvalue weighted by Crippen LogP contribution is -2.42. The van der Waals surface area contributed by atoms with Gasteiger partial charge in [-0.1, -0.05) is 13.0 Å². The van der Waals surface area contributed by atoms with Crippen LogP contribution in [0.1, 0.15) is 24.5 Å². The fourth-order valence-electron chi connectivity index (χ4n) is 1.93. The Balaban J connectivity index is 2.56. The third-order valence-electron chi connectivity index (χ3n) is 3.14. The van der Waals surface area contributed by atoms with Crippen molar-refractivity contribution < 1.29 is 14.3 Å². The highest BCUT2D eigenvalue weighted by Gasteiger charge is 2.19. The van der Waals surface area contributed by atoms with E-state index in [0.29, 0.717) is 6.54 Å². The lowest BCUT2D eigenvalue weighted by Gasteiger charge is -2.22. The highest BCUT2D eigenvalue weighted by Crippen LogP contribution is 2.12. The Kier molecular flexibility index (Phi) is 6.61. The molecule has 5 heteroatoms. The SMILES string of the molecule is CCCNCC(O)C(=O)N(C)Cc1ccc(F)cc1C. The van der Waals surface area contributed by atoms with Crippen LogP contribution in [0, 0.1) is 12.7 Å². The highest BCUT2D eigenvalue weighted by atomic mass is 19.1. The fraction of sp³-hybridized carbons (Fsp3) is 0.533. The maximum atomic E-state index is 13.0. The topological polar surface area (TPSA) is 52.6 Å². The molecule has 0 aliphatic rings. The summed E-state index contributed by atoms with van der Waals surface area (Å²) in [6.45, 7) is 5.20. The number of nitrogens with zero attached hydrogens (tertiary/aromatic N) is 1. The summed E-state index contributed by atoms with van der Waals surface area (Å²) in [5, 5.41) is 12.8. The van der Waals surface area contributed by atoms with Gasteiger partial charge < -0.3 is 15.3 Å². The van der Waals surface area contributed by atoms with E-state index >= 15 is 0 Å². The number of aliphatic hydroxyl groups is 1. The van der Waals surface area contributed by atoms with Crippen LogP contribution in [0.15, 0.2) is 18.2 Å². The van der Waals surface area contributed by atoms with Gasteiger partial charge in [0.15, 0.2) is 0 Å². The molecule has 112 valence electrons. The summed E-state index contributed by atoms with van der Waals surface area (Å²) in [6.07, 6.45) is -0.0989. The first-order valence-corrected chi connectivity index (χ1v) is 6.84. The smallest absolute Gasteiger partial charge is 0.252 e. The Morgan fingerprint density at radius 2 is 2.20 bits per heavy atom. The maximum absolute atomic E-state index is 13.0. The Bertz CT molecular complexity index is 451. The minimum Gasteiger partial charge on any atom is -0.382 e. The number of rotatable bonds is 7. The number of carbonyl (C=O) groups excluding carboxylic acids is 1. The molecule has 0 aliphatic heterocycles. The lowest BCUT2D eigenvalue weighted by molar-refractivity contribution is -0.139. The van der Waals surface area contributed by atoms with E-state index in [2.05, 4.69) is 5.32 Å². The predicted molar refractivity (Wildman–Crippen MR) is 76.8 cm³/mol. The van der Waals surface area contributed by atoms with Gasteiger partial charge >= 0.3 is 0 Å². The molecular formula is C15H23FN2O2. The minimum absolute atomic E-state index is 0.249. The van der Waals surface area contributed by atoms with Gasteiger partial charge in [0, 0.05) is 20.1 Å². The van der Waals surface area contributed by atoms with Crippen LogP contribution in [0.5, 0.6) is 0 Å². The van der Waals surface area contributed by atoms with Gasteiger partial charge in [-0.05, 0) is 43.1 Å². The van der Waals surface area contributed by atoms with E-state index in [1.54, 1.807) is 20.0 Å². The molecule has 0 saturated carbocycles. The lowest BCUT2D eigenvalue weighted by atomic mass is 10.1. The van der Waals surface area contributed by atoms with E-state index in [0.717, 1.165) is 24.1 Å². The van der Waals surface area contributed by atoms with E-state index in [1.165, 1.54) is 17.0 Å². The summed E-state index contributed by atoms with van der Waals surface area (Å²) >= 11 is 0. The molecule has 0 saturated heterocycles. The third-order valence-corrected chi connectivity index (χ3v) is 3.14. The van der Waals surface area contributed by atoms with Crippen LogP contribution in [0.25, 0.3) is 0 Å². The Hall–Kier alpha value is -1.46. The van der Waals surface area contributed by atoms with Crippen LogP contribution >= 0.6 is 0 Å². The predicted octanol–water partition coefficient (Wildman–Crippen LogP) is 1.45. The summed E-state index contributed by atoms with van der Waals surface area (Å²) in [4.78, 5) is 13.4. The number of hydrogen-bond donors (Lipinski definition) is 2. The van der Waals surface area contributed by atoms with Crippen LogP contribution in [0.2, 0.25) is 0 Å². The van der Waals surface area contributed by atoms with Gasteiger partial charge in [0.1, 0.15) is 11.9 Å². The molecule has 1 rings (SSSR count). The summed E-state index contributed by atoms with van der Waals surface area (Å²) in [5.74, 6) is -0.624. The first-order chi connectivity index (χ1) is 9.45. The normalized spacial score (nSPS) is 12.2. The number of carbonyl (C=O) groups is 1. The number of aryl methyl sites for hydroxylation is 1. The quantitative estimate of drug-likeness (QED) is 0.744. The zero-order valence-corrected chi connectivity index (χ0v) is 12.3. The third kappa shape index (κ3) is 4.90. The van der Waals surface area contributed by atoms with Crippen molar-refractivity contribution in [3.63, 3.8) is 0 Å². The second-order valence-electron chi connectivity index (χ2n) is 4.99. The van der Waals surface area contributed by atoms with Gasteiger partial charge in [0.25, 0.3) is 5.91 Å². The summed E-state index contributed by atoms with van der Waals surface area (Å²) in [7, 11) is 1.63. The first-order valence-electron chi connectivity index (χ1n) is 6.84. The van der Waals surface area contributed by atoms with Crippen LogP contribution in [0.3, 0.4) is 0 Å². The molecule has 20 heavy (non-hydrogen) atoms. The van der Waals surface area contributed by atoms with Crippen LogP contribution in [-0.4, -0.2) is 42.2 Å². The van der Waals surface area contributed by atoms with Crippen molar-refractivity contribution in [3.8, 4) is 0 Å². The molecule has 0 fully saturated rings. The maximum Gasteiger partial charge on any atom is 0.252 e. The first kappa shape index (κ1) is 16.6. The van der Waals surface area contributed by atoms with Crippen molar-refractivity contribution in [2.24, 2.45) is 0 Å². The molecule has 1 aromatic rings. The molecule has 0 aromatic heterocycles. The van der Waals surface area contributed by atoms with Gasteiger partial charge in [0.05, 0.1) is 0 Å². The van der Waals surface area contributed by atoms with E-state index in [4.69, 9.17) is 0 Å². The molecule has 2 N–H and O–H groups in total. The van der Waals surface area contributed by atoms with Gasteiger partial charge in [-0.25, -0.2) is 4.39 Å². The summed E-state index contributed by atoms with van der Waals surface area (Å²) in [6, 6.07) is 4.48. The number of amides is 1. The fourth-order valence-corrected chi connectivity index (χ4v) is 1.93. The monoisotopic (exact) mass is 282 g/mol. The molecule has 4 nitrogen and oxygen atoms in total. The van der Waals surface area contributed by atoms with Crippen molar-refractivity contribution in [1.29, 1.82) is 0 Å². The standard InChI is InChI=1S/C15H23FN2O2/c1-4-7-17-9-14(19)15(20)18(3)10-12-5-6-13(16)8-11(12)2/h5-6,8,14,17,19H,4,7,9-10H2,1-3H3. The van der Waals surface area contributed by atoms with Crippen LogP contribution < -0.4 is 5.32 Å². The number of halogens is 1.